The molecule has 1 aliphatic heterocycles. The van der Waals surface area contributed by atoms with Gasteiger partial charge in [0.2, 0.25) is 0 Å². The molecule has 0 aromatic heterocycles. The van der Waals surface area contributed by atoms with Crippen LogP contribution in [0.25, 0.3) is 0 Å². The number of fused-ring (bicyclic) bond motifs is 1. The number of hydrogen-bond acceptors (Lipinski definition) is 6. The van der Waals surface area contributed by atoms with Crippen LogP contribution in [0.1, 0.15) is 5.56 Å². The molecule has 1 atom stereocenters. The lowest BCUT2D eigenvalue weighted by Gasteiger charge is -2.26. The van der Waals surface area contributed by atoms with Crippen molar-refractivity contribution < 1.29 is 26.8 Å². The first-order valence-electron chi connectivity index (χ1n) is 9.25. The van der Waals surface area contributed by atoms with Gasteiger partial charge < -0.3 is 14.2 Å². The van der Waals surface area contributed by atoms with Gasteiger partial charge in [0.1, 0.15) is 25.6 Å². The summed E-state index contributed by atoms with van der Waals surface area (Å²) in [6, 6.07) is 21.4. The number of hydrogen-bond donors (Lipinski definition) is 0. The zero-order chi connectivity index (χ0) is 21.0. The van der Waals surface area contributed by atoms with Crippen molar-refractivity contribution in [2.45, 2.75) is 17.6 Å². The third-order valence-corrected chi connectivity index (χ3v) is 6.22. The summed E-state index contributed by atoms with van der Waals surface area (Å²) in [4.78, 5) is 0.0828. The zero-order valence-electron chi connectivity index (χ0n) is 15.9. The van der Waals surface area contributed by atoms with Crippen LogP contribution in [0.15, 0.2) is 82.2 Å². The predicted octanol–water partition coefficient (Wildman–Crippen LogP) is 4.57. The summed E-state index contributed by atoms with van der Waals surface area (Å²) >= 11 is 3.28. The Morgan fingerprint density at radius 1 is 0.967 bits per heavy atom. The molecule has 30 heavy (non-hydrogen) atoms. The van der Waals surface area contributed by atoms with Crippen molar-refractivity contribution in [3.8, 4) is 17.2 Å². The van der Waals surface area contributed by atoms with Gasteiger partial charge in [-0.25, -0.2) is 0 Å². The Kier molecular flexibility index (Phi) is 6.26. The van der Waals surface area contributed by atoms with Crippen LogP contribution in [-0.2, 0) is 20.9 Å². The molecule has 3 aromatic rings. The second-order valence-corrected chi connectivity index (χ2v) is 9.16. The van der Waals surface area contributed by atoms with Gasteiger partial charge in [-0.05, 0) is 42.0 Å². The zero-order valence-corrected chi connectivity index (χ0v) is 18.3. The average Bonchev–Trinajstić information content (AvgIpc) is 2.77. The Bertz CT molecular complexity index is 1100. The SMILES string of the molecule is O=S(=O)(OCC1COc2ccc(OCc3ccccc3)cc2O1)c1ccc(Br)cc1. The highest BCUT2D eigenvalue weighted by molar-refractivity contribution is 9.10. The van der Waals surface area contributed by atoms with Gasteiger partial charge >= 0.3 is 0 Å². The summed E-state index contributed by atoms with van der Waals surface area (Å²) in [6.07, 6.45) is -0.563. The Morgan fingerprint density at radius 2 is 1.73 bits per heavy atom. The standard InChI is InChI=1S/C22H19BrO6S/c23-17-6-9-20(10-7-17)30(24,25)28-15-19-14-27-21-11-8-18(12-22(21)29-19)26-13-16-4-2-1-3-5-16/h1-12,19H,13-15H2. The lowest BCUT2D eigenvalue weighted by atomic mass is 10.2. The number of ether oxygens (including phenoxy) is 3. The van der Waals surface area contributed by atoms with Gasteiger partial charge in [0, 0.05) is 10.5 Å². The van der Waals surface area contributed by atoms with E-state index in [0.29, 0.717) is 23.9 Å². The van der Waals surface area contributed by atoms with Crippen molar-refractivity contribution in [3.05, 3.63) is 82.8 Å². The lowest BCUT2D eigenvalue weighted by molar-refractivity contribution is 0.0551. The third-order valence-electron chi connectivity index (χ3n) is 4.39. The first-order chi connectivity index (χ1) is 14.5. The maximum atomic E-state index is 12.4. The summed E-state index contributed by atoms with van der Waals surface area (Å²) in [7, 11) is -3.88. The van der Waals surface area contributed by atoms with Crippen LogP contribution >= 0.6 is 15.9 Å². The highest BCUT2D eigenvalue weighted by Gasteiger charge is 2.25. The van der Waals surface area contributed by atoms with Crippen LogP contribution in [0.5, 0.6) is 17.2 Å². The average molecular weight is 491 g/mol. The lowest BCUT2D eigenvalue weighted by Crippen LogP contribution is -2.34. The summed E-state index contributed by atoms with van der Waals surface area (Å²) in [5.41, 5.74) is 1.05. The minimum absolute atomic E-state index is 0.0828. The normalized spacial score (nSPS) is 15.6. The Balaban J connectivity index is 1.37. The molecular weight excluding hydrogens is 472 g/mol. The fourth-order valence-electron chi connectivity index (χ4n) is 2.84. The van der Waals surface area contributed by atoms with E-state index < -0.39 is 16.2 Å². The molecule has 1 unspecified atom stereocenters. The second-order valence-electron chi connectivity index (χ2n) is 6.63. The molecule has 0 radical (unpaired) electrons. The van der Waals surface area contributed by atoms with Crippen molar-refractivity contribution in [1.82, 2.24) is 0 Å². The van der Waals surface area contributed by atoms with E-state index >= 15 is 0 Å². The molecule has 3 aromatic carbocycles. The summed E-state index contributed by atoms with van der Waals surface area (Å²) in [5.74, 6) is 1.70. The molecule has 0 aliphatic carbocycles. The molecule has 6 nitrogen and oxygen atoms in total. The first-order valence-corrected chi connectivity index (χ1v) is 11.4. The smallest absolute Gasteiger partial charge is 0.297 e. The maximum absolute atomic E-state index is 12.4. The van der Waals surface area contributed by atoms with Gasteiger partial charge in [0.15, 0.2) is 17.6 Å². The molecule has 8 heteroatoms. The number of halogens is 1. The molecule has 156 valence electrons. The molecule has 1 aliphatic rings. The minimum Gasteiger partial charge on any atom is -0.489 e. The Morgan fingerprint density at radius 3 is 2.50 bits per heavy atom. The molecule has 0 spiro atoms. The van der Waals surface area contributed by atoms with Crippen molar-refractivity contribution in [2.24, 2.45) is 0 Å². The summed E-state index contributed by atoms with van der Waals surface area (Å²) < 4.78 is 48.0. The predicted molar refractivity (Wildman–Crippen MR) is 114 cm³/mol. The molecule has 0 N–H and O–H groups in total. The van der Waals surface area contributed by atoms with Crippen molar-refractivity contribution in [2.75, 3.05) is 13.2 Å². The monoisotopic (exact) mass is 490 g/mol. The first kappa shape index (κ1) is 20.7. The van der Waals surface area contributed by atoms with Crippen LogP contribution in [0.2, 0.25) is 0 Å². The molecule has 0 fully saturated rings. The van der Waals surface area contributed by atoms with Crippen LogP contribution in [0, 0.1) is 0 Å². The second kappa shape index (κ2) is 9.07. The maximum Gasteiger partial charge on any atom is 0.297 e. The van der Waals surface area contributed by atoms with Crippen molar-refractivity contribution in [3.63, 3.8) is 0 Å². The third kappa shape index (κ3) is 5.13. The van der Waals surface area contributed by atoms with Crippen molar-refractivity contribution >= 4 is 26.0 Å². The van der Waals surface area contributed by atoms with Crippen LogP contribution in [-0.4, -0.2) is 27.7 Å². The largest absolute Gasteiger partial charge is 0.489 e. The molecule has 0 amide bonds. The molecule has 0 saturated heterocycles. The quantitative estimate of drug-likeness (QED) is 0.451. The topological polar surface area (TPSA) is 71.1 Å². The number of benzene rings is 3. The van der Waals surface area contributed by atoms with Gasteiger partial charge in [-0.15, -0.1) is 0 Å². The Hall–Kier alpha value is -2.55. The van der Waals surface area contributed by atoms with E-state index in [0.717, 1.165) is 10.0 Å². The highest BCUT2D eigenvalue weighted by atomic mass is 79.9. The van der Waals surface area contributed by atoms with Gasteiger partial charge in [-0.1, -0.05) is 46.3 Å². The molecule has 4 rings (SSSR count). The summed E-state index contributed by atoms with van der Waals surface area (Å²) in [5, 5.41) is 0. The molecule has 0 saturated carbocycles. The van der Waals surface area contributed by atoms with Crippen LogP contribution < -0.4 is 14.2 Å². The van der Waals surface area contributed by atoms with E-state index in [-0.39, 0.29) is 18.1 Å². The fraction of sp³-hybridized carbons (Fsp3) is 0.182. The highest BCUT2D eigenvalue weighted by Crippen LogP contribution is 2.35. The fourth-order valence-corrected chi connectivity index (χ4v) is 4.04. The van der Waals surface area contributed by atoms with E-state index in [1.807, 2.05) is 30.3 Å². The molecular formula is C22H19BrO6S. The van der Waals surface area contributed by atoms with E-state index in [4.69, 9.17) is 18.4 Å². The van der Waals surface area contributed by atoms with Gasteiger partial charge in [0.05, 0.1) is 4.90 Å². The Labute approximate surface area is 183 Å². The van der Waals surface area contributed by atoms with Gasteiger partial charge in [0.25, 0.3) is 10.1 Å². The molecule has 0 bridgehead atoms. The van der Waals surface area contributed by atoms with E-state index in [9.17, 15) is 8.42 Å². The van der Waals surface area contributed by atoms with E-state index in [1.165, 1.54) is 12.1 Å². The van der Waals surface area contributed by atoms with E-state index in [1.54, 1.807) is 30.3 Å². The van der Waals surface area contributed by atoms with E-state index in [2.05, 4.69) is 15.9 Å². The van der Waals surface area contributed by atoms with Gasteiger partial charge in [-0.3, -0.25) is 4.18 Å². The minimum atomic E-state index is -3.88. The summed E-state index contributed by atoms with van der Waals surface area (Å²) in [6.45, 7) is 0.457. The van der Waals surface area contributed by atoms with Crippen LogP contribution in [0.4, 0.5) is 0 Å². The molecule has 1 heterocycles. The van der Waals surface area contributed by atoms with Crippen LogP contribution in [0.3, 0.4) is 0 Å². The van der Waals surface area contributed by atoms with Crippen molar-refractivity contribution in [1.29, 1.82) is 0 Å². The number of rotatable bonds is 7. The van der Waals surface area contributed by atoms with Gasteiger partial charge in [-0.2, -0.15) is 8.42 Å².